The van der Waals surface area contributed by atoms with E-state index in [1.165, 1.54) is 115 Å². The van der Waals surface area contributed by atoms with Gasteiger partial charge >= 0.3 is 0 Å². The summed E-state index contributed by atoms with van der Waals surface area (Å²) in [6.07, 6.45) is 0. The topological polar surface area (TPSA) is 8.17 Å². The predicted molar refractivity (Wildman–Crippen MR) is 330 cm³/mol. The first kappa shape index (κ1) is 49.0. The fraction of sp³-hybridized carbons (Fsp3) is 0.216. The van der Waals surface area contributed by atoms with Crippen LogP contribution in [-0.2, 0) is 21.7 Å². The minimum atomic E-state index is -0.123. The monoisotopic (exact) mass is 987 g/mol. The molecule has 12 aromatic rings. The molecule has 376 valence electrons. The molecule has 0 bridgehead atoms. The van der Waals surface area contributed by atoms with Crippen molar-refractivity contribution in [3.05, 3.63) is 229 Å². The Hall–Kier alpha value is -7.94. The van der Waals surface area contributed by atoms with Crippen molar-refractivity contribution in [3.63, 3.8) is 0 Å². The Kier molecular flexibility index (Phi) is 11.5. The second-order valence-corrected chi connectivity index (χ2v) is 25.6. The third-order valence-corrected chi connectivity index (χ3v) is 16.1. The largest absolute Gasteiger partial charge is 0.310 e. The first-order valence-electron chi connectivity index (χ1n) is 27.3. The minimum Gasteiger partial charge on any atom is -0.310 e. The van der Waals surface area contributed by atoms with Crippen LogP contribution in [0, 0.1) is 0 Å². The molecule has 0 saturated carbocycles. The molecule has 0 saturated heterocycles. The summed E-state index contributed by atoms with van der Waals surface area (Å²) in [7, 11) is 0. The molecule has 0 aliphatic carbocycles. The second kappa shape index (κ2) is 17.8. The molecule has 1 heterocycles. The molecule has 11 aromatic carbocycles. The van der Waals surface area contributed by atoms with Crippen molar-refractivity contribution < 1.29 is 0 Å². The highest BCUT2D eigenvalue weighted by Crippen LogP contribution is 2.48. The highest BCUT2D eigenvalue weighted by Gasteiger charge is 2.26. The maximum Gasteiger partial charge on any atom is 0.0541 e. The zero-order valence-electron chi connectivity index (χ0n) is 46.5. The molecule has 2 nitrogen and oxygen atoms in total. The summed E-state index contributed by atoms with van der Waals surface area (Å²) < 4.78 is 2.47. The molecule has 76 heavy (non-hydrogen) atoms. The number of anilines is 3. The average molecular weight is 987 g/mol. The van der Waals surface area contributed by atoms with Crippen molar-refractivity contribution >= 4 is 71.2 Å². The third-order valence-electron chi connectivity index (χ3n) is 16.1. The van der Waals surface area contributed by atoms with Gasteiger partial charge in [-0.2, -0.15) is 0 Å². The molecular weight excluding hydrogens is 917 g/mol. The maximum absolute atomic E-state index is 2.53. The van der Waals surface area contributed by atoms with Gasteiger partial charge in [-0.05, 0) is 147 Å². The Morgan fingerprint density at radius 1 is 0.289 bits per heavy atom. The van der Waals surface area contributed by atoms with E-state index in [4.69, 9.17) is 0 Å². The predicted octanol–water partition coefficient (Wildman–Crippen LogP) is 21.3. The number of hydrogen-bond donors (Lipinski definition) is 0. The van der Waals surface area contributed by atoms with Crippen molar-refractivity contribution in [3.8, 4) is 39.1 Å². The molecule has 12 rings (SSSR count). The van der Waals surface area contributed by atoms with E-state index in [2.05, 4.69) is 299 Å². The lowest BCUT2D eigenvalue weighted by Crippen LogP contribution is -2.16. The van der Waals surface area contributed by atoms with Gasteiger partial charge in [0.15, 0.2) is 0 Å². The Morgan fingerprint density at radius 2 is 0.737 bits per heavy atom. The van der Waals surface area contributed by atoms with Gasteiger partial charge in [0, 0.05) is 32.9 Å². The van der Waals surface area contributed by atoms with Crippen molar-refractivity contribution in [2.75, 3.05) is 4.90 Å². The van der Waals surface area contributed by atoms with Gasteiger partial charge in [0.05, 0.1) is 22.4 Å². The van der Waals surface area contributed by atoms with Crippen molar-refractivity contribution in [2.45, 2.75) is 105 Å². The van der Waals surface area contributed by atoms with E-state index in [1.807, 2.05) is 0 Å². The minimum absolute atomic E-state index is 0.0133. The Bertz CT molecular complexity index is 4090. The van der Waals surface area contributed by atoms with E-state index in [0.29, 0.717) is 0 Å². The van der Waals surface area contributed by atoms with Crippen LogP contribution in [0.4, 0.5) is 17.1 Å². The van der Waals surface area contributed by atoms with E-state index < -0.39 is 0 Å². The number of benzene rings is 11. The molecule has 0 atom stereocenters. The molecule has 0 radical (unpaired) electrons. The van der Waals surface area contributed by atoms with Crippen LogP contribution in [0.15, 0.2) is 206 Å². The standard InChI is InChI=1S/C74H70N2/c1-71(2,3)55-19-17-18-52(40-55)47-24-26-48(27-25-47)54-43-58(74(10,11)12)46-60(44-54)75(59-34-28-49(29-35-59)53-41-56(72(4,5)6)45-57(42-53)73(7,8)9)67-38-32-50-31-37-64-68(39-33-51-30-36-63(67)69(50)70(51)64)76-65-22-15-13-20-61(65)62-21-14-16-23-66(62)76/h13-46H,1-12H3. The molecule has 0 spiro atoms. The summed E-state index contributed by atoms with van der Waals surface area (Å²) in [6.45, 7) is 27.8. The maximum atomic E-state index is 2.53. The highest BCUT2D eigenvalue weighted by molar-refractivity contribution is 6.27. The number of nitrogens with zero attached hydrogens (tertiary/aromatic N) is 2. The third kappa shape index (κ3) is 8.62. The SMILES string of the molecule is CC(C)(C)c1cccc(-c2ccc(-c3cc(N(c4ccc(-c5cc(C(C)(C)C)cc(C(C)(C)C)c5)cc4)c4ccc5ccc6c(-n7c8ccccc8c8ccccc87)ccc7ccc4c5c76)cc(C(C)(C)C)c3)cc2)c1. The van der Waals surface area contributed by atoms with Crippen LogP contribution in [-0.4, -0.2) is 4.57 Å². The van der Waals surface area contributed by atoms with E-state index >= 15 is 0 Å². The quantitative estimate of drug-likeness (QED) is 0.145. The van der Waals surface area contributed by atoms with Crippen LogP contribution in [0.5, 0.6) is 0 Å². The summed E-state index contributed by atoms with van der Waals surface area (Å²) in [5, 5.41) is 10.0. The van der Waals surface area contributed by atoms with Crippen LogP contribution in [0.3, 0.4) is 0 Å². The van der Waals surface area contributed by atoms with Gasteiger partial charge in [-0.25, -0.2) is 0 Å². The van der Waals surface area contributed by atoms with Crippen LogP contribution in [0.1, 0.15) is 105 Å². The number of para-hydroxylation sites is 2. The van der Waals surface area contributed by atoms with Gasteiger partial charge in [0.25, 0.3) is 0 Å². The van der Waals surface area contributed by atoms with Gasteiger partial charge in [-0.3, -0.25) is 0 Å². The van der Waals surface area contributed by atoms with Crippen LogP contribution in [0.25, 0.3) is 93.2 Å². The number of hydrogen-bond acceptors (Lipinski definition) is 1. The number of fused-ring (bicyclic) bond motifs is 3. The molecule has 1 aromatic heterocycles. The highest BCUT2D eigenvalue weighted by atomic mass is 15.1. The van der Waals surface area contributed by atoms with Gasteiger partial charge in [-0.1, -0.05) is 241 Å². The lowest BCUT2D eigenvalue weighted by molar-refractivity contribution is 0.569. The fourth-order valence-electron chi connectivity index (χ4n) is 11.6. The Morgan fingerprint density at radius 3 is 1.30 bits per heavy atom. The van der Waals surface area contributed by atoms with Gasteiger partial charge < -0.3 is 9.47 Å². The summed E-state index contributed by atoms with van der Waals surface area (Å²) in [4.78, 5) is 2.53. The molecule has 0 amide bonds. The summed E-state index contributed by atoms with van der Waals surface area (Å²) in [5.74, 6) is 0. The molecule has 0 unspecified atom stereocenters. The summed E-state index contributed by atoms with van der Waals surface area (Å²) in [5.41, 5.74) is 19.6. The Balaban J connectivity index is 1.07. The van der Waals surface area contributed by atoms with E-state index in [-0.39, 0.29) is 21.7 Å². The molecule has 0 aliphatic heterocycles. The molecule has 0 aliphatic rings. The van der Waals surface area contributed by atoms with Crippen LogP contribution < -0.4 is 4.90 Å². The summed E-state index contributed by atoms with van der Waals surface area (Å²) >= 11 is 0. The molecule has 0 fully saturated rings. The van der Waals surface area contributed by atoms with Crippen LogP contribution in [0.2, 0.25) is 0 Å². The Labute approximate surface area is 450 Å². The van der Waals surface area contributed by atoms with Crippen molar-refractivity contribution in [2.24, 2.45) is 0 Å². The van der Waals surface area contributed by atoms with Crippen molar-refractivity contribution in [1.82, 2.24) is 4.57 Å². The number of rotatable bonds is 7. The smallest absolute Gasteiger partial charge is 0.0541 e. The zero-order chi connectivity index (χ0) is 53.1. The second-order valence-electron chi connectivity index (χ2n) is 25.6. The van der Waals surface area contributed by atoms with E-state index in [0.717, 1.165) is 17.1 Å². The van der Waals surface area contributed by atoms with E-state index in [9.17, 15) is 0 Å². The summed E-state index contributed by atoms with van der Waals surface area (Å²) in [6, 6.07) is 78.5. The fourth-order valence-corrected chi connectivity index (χ4v) is 11.6. The lowest BCUT2D eigenvalue weighted by atomic mass is 9.79. The first-order valence-corrected chi connectivity index (χ1v) is 27.3. The van der Waals surface area contributed by atoms with Gasteiger partial charge in [0.1, 0.15) is 0 Å². The average Bonchev–Trinajstić information content (AvgIpc) is 3.87. The molecule has 2 heteroatoms. The number of aromatic nitrogens is 1. The van der Waals surface area contributed by atoms with Gasteiger partial charge in [-0.15, -0.1) is 0 Å². The molecular formula is C74H70N2. The first-order chi connectivity index (χ1) is 36.2. The zero-order valence-corrected chi connectivity index (χ0v) is 46.5. The van der Waals surface area contributed by atoms with Gasteiger partial charge in [0.2, 0.25) is 0 Å². The normalized spacial score (nSPS) is 12.7. The van der Waals surface area contributed by atoms with Crippen LogP contribution >= 0.6 is 0 Å². The lowest BCUT2D eigenvalue weighted by Gasteiger charge is -2.30. The van der Waals surface area contributed by atoms with E-state index in [1.54, 1.807) is 0 Å². The van der Waals surface area contributed by atoms with Crippen molar-refractivity contribution in [1.29, 1.82) is 0 Å². The molecule has 0 N–H and O–H groups in total.